The minimum atomic E-state index is 0.357. The van der Waals surface area contributed by atoms with Crippen molar-refractivity contribution >= 4 is 11.8 Å². The van der Waals surface area contributed by atoms with Crippen LogP contribution in [-0.2, 0) is 6.54 Å². The van der Waals surface area contributed by atoms with Crippen LogP contribution in [0.25, 0.3) is 0 Å². The summed E-state index contributed by atoms with van der Waals surface area (Å²) in [5.41, 5.74) is 7.03. The first-order chi connectivity index (χ1) is 12.3. The molecule has 3 aromatic rings. The van der Waals surface area contributed by atoms with Crippen LogP contribution in [0, 0.1) is 0 Å². The van der Waals surface area contributed by atoms with Crippen LogP contribution in [-0.4, -0.2) is 37.6 Å². The molecule has 4 heterocycles. The van der Waals surface area contributed by atoms with Crippen molar-refractivity contribution in [3.63, 3.8) is 0 Å². The van der Waals surface area contributed by atoms with E-state index in [0.29, 0.717) is 17.7 Å². The molecular weight excluding hydrogens is 314 g/mol. The summed E-state index contributed by atoms with van der Waals surface area (Å²) in [5.74, 6) is 2.68. The highest BCUT2D eigenvalue weighted by molar-refractivity contribution is 5.38. The van der Waals surface area contributed by atoms with Gasteiger partial charge < -0.3 is 15.2 Å². The molecule has 7 heteroatoms. The van der Waals surface area contributed by atoms with E-state index >= 15 is 0 Å². The zero-order valence-corrected chi connectivity index (χ0v) is 14.0. The van der Waals surface area contributed by atoms with Gasteiger partial charge in [-0.05, 0) is 36.6 Å². The number of nitrogens with zero attached hydrogens (tertiary/aromatic N) is 6. The molecule has 0 radical (unpaired) electrons. The van der Waals surface area contributed by atoms with Crippen LogP contribution in [0.5, 0.6) is 0 Å². The number of aromatic nitrogens is 5. The van der Waals surface area contributed by atoms with Gasteiger partial charge >= 0.3 is 0 Å². The number of pyridine rings is 1. The highest BCUT2D eigenvalue weighted by Crippen LogP contribution is 2.28. The standard InChI is InChI=1S/C18H21N7/c19-16-5-8-22-18(23-16)25-10-1-2-15(13-25)17-21-9-11-24(17)12-14-3-6-20-7-4-14/h3-9,11,15H,1-2,10,12-13H2,(H2,19,22,23)/t15-/m0/s1. The number of rotatable bonds is 4. The van der Waals surface area contributed by atoms with Crippen molar-refractivity contribution in [1.29, 1.82) is 0 Å². The number of hydrogen-bond acceptors (Lipinski definition) is 6. The summed E-state index contributed by atoms with van der Waals surface area (Å²) >= 11 is 0. The Morgan fingerprint density at radius 1 is 1.08 bits per heavy atom. The van der Waals surface area contributed by atoms with Crippen molar-refractivity contribution in [3.05, 3.63) is 60.6 Å². The zero-order valence-electron chi connectivity index (χ0n) is 14.0. The predicted octanol–water partition coefficient (Wildman–Crippen LogP) is 2.08. The van der Waals surface area contributed by atoms with Crippen molar-refractivity contribution in [1.82, 2.24) is 24.5 Å². The second-order valence-electron chi connectivity index (χ2n) is 6.34. The quantitative estimate of drug-likeness (QED) is 0.786. The summed E-state index contributed by atoms with van der Waals surface area (Å²) < 4.78 is 2.23. The van der Waals surface area contributed by atoms with Gasteiger partial charge in [0.2, 0.25) is 5.95 Å². The van der Waals surface area contributed by atoms with Crippen LogP contribution < -0.4 is 10.6 Å². The first-order valence-electron chi connectivity index (χ1n) is 8.53. The van der Waals surface area contributed by atoms with Crippen LogP contribution >= 0.6 is 0 Å². The summed E-state index contributed by atoms with van der Waals surface area (Å²) in [6, 6.07) is 5.79. The number of anilines is 2. The smallest absolute Gasteiger partial charge is 0.227 e. The number of imidazole rings is 1. The SMILES string of the molecule is Nc1ccnc(N2CCC[C@H](c3nccn3Cc3ccncc3)C2)n1. The van der Waals surface area contributed by atoms with Gasteiger partial charge in [0.1, 0.15) is 11.6 Å². The lowest BCUT2D eigenvalue weighted by molar-refractivity contribution is 0.471. The van der Waals surface area contributed by atoms with Crippen molar-refractivity contribution in [2.24, 2.45) is 0 Å². The van der Waals surface area contributed by atoms with E-state index in [0.717, 1.165) is 38.3 Å². The zero-order chi connectivity index (χ0) is 17.1. The van der Waals surface area contributed by atoms with Crippen LogP contribution in [0.4, 0.5) is 11.8 Å². The fraction of sp³-hybridized carbons (Fsp3) is 0.333. The maximum atomic E-state index is 5.81. The van der Waals surface area contributed by atoms with Crippen molar-refractivity contribution in [2.45, 2.75) is 25.3 Å². The fourth-order valence-electron chi connectivity index (χ4n) is 3.38. The third-order valence-corrected chi connectivity index (χ3v) is 4.58. The molecule has 1 saturated heterocycles. The lowest BCUT2D eigenvalue weighted by atomic mass is 9.97. The average molecular weight is 335 g/mol. The van der Waals surface area contributed by atoms with Gasteiger partial charge in [-0.15, -0.1) is 0 Å². The Balaban J connectivity index is 1.53. The molecule has 25 heavy (non-hydrogen) atoms. The minimum Gasteiger partial charge on any atom is -0.384 e. The van der Waals surface area contributed by atoms with E-state index in [1.165, 1.54) is 5.56 Å². The third-order valence-electron chi connectivity index (χ3n) is 4.58. The summed E-state index contributed by atoms with van der Waals surface area (Å²) in [4.78, 5) is 19.7. The van der Waals surface area contributed by atoms with Crippen molar-refractivity contribution in [2.75, 3.05) is 23.7 Å². The first-order valence-corrected chi connectivity index (χ1v) is 8.53. The number of piperidine rings is 1. The van der Waals surface area contributed by atoms with Gasteiger partial charge in [-0.25, -0.2) is 9.97 Å². The predicted molar refractivity (Wildman–Crippen MR) is 96.2 cm³/mol. The Morgan fingerprint density at radius 3 is 2.80 bits per heavy atom. The van der Waals surface area contributed by atoms with Gasteiger partial charge in [-0.2, -0.15) is 4.98 Å². The largest absolute Gasteiger partial charge is 0.384 e. The first kappa shape index (κ1) is 15.6. The van der Waals surface area contributed by atoms with E-state index in [9.17, 15) is 0 Å². The lowest BCUT2D eigenvalue weighted by Crippen LogP contribution is -2.36. The van der Waals surface area contributed by atoms with E-state index in [-0.39, 0.29) is 0 Å². The molecule has 0 saturated carbocycles. The summed E-state index contributed by atoms with van der Waals surface area (Å²) in [7, 11) is 0. The molecule has 4 rings (SSSR count). The molecule has 128 valence electrons. The van der Waals surface area contributed by atoms with E-state index in [4.69, 9.17) is 5.73 Å². The van der Waals surface area contributed by atoms with Gasteiger partial charge in [0.05, 0.1) is 0 Å². The van der Waals surface area contributed by atoms with Crippen molar-refractivity contribution in [3.8, 4) is 0 Å². The van der Waals surface area contributed by atoms with Crippen LogP contribution in [0.1, 0.15) is 30.1 Å². The van der Waals surface area contributed by atoms with E-state index in [2.05, 4.69) is 29.4 Å². The Kier molecular flexibility index (Phi) is 4.28. The van der Waals surface area contributed by atoms with Gasteiger partial charge in [-0.3, -0.25) is 4.98 Å². The summed E-state index contributed by atoms with van der Waals surface area (Å²) in [6.45, 7) is 2.62. The number of nitrogen functional groups attached to an aromatic ring is 1. The minimum absolute atomic E-state index is 0.357. The maximum Gasteiger partial charge on any atom is 0.227 e. The molecule has 0 spiro atoms. The average Bonchev–Trinajstić information content (AvgIpc) is 3.11. The van der Waals surface area contributed by atoms with Gasteiger partial charge in [-0.1, -0.05) is 0 Å². The Hall–Kier alpha value is -2.96. The number of hydrogen-bond donors (Lipinski definition) is 1. The highest BCUT2D eigenvalue weighted by atomic mass is 15.3. The fourth-order valence-corrected chi connectivity index (χ4v) is 3.38. The van der Waals surface area contributed by atoms with Gasteiger partial charge in [0.25, 0.3) is 0 Å². The van der Waals surface area contributed by atoms with Crippen LogP contribution in [0.3, 0.4) is 0 Å². The topological polar surface area (TPSA) is 85.8 Å². The third kappa shape index (κ3) is 3.45. The van der Waals surface area contributed by atoms with E-state index < -0.39 is 0 Å². The number of nitrogens with two attached hydrogens (primary N) is 1. The Bertz CT molecular complexity index is 830. The van der Waals surface area contributed by atoms with Gasteiger partial charge in [0, 0.05) is 56.5 Å². The van der Waals surface area contributed by atoms with Crippen LogP contribution in [0.15, 0.2) is 49.2 Å². The van der Waals surface area contributed by atoms with Crippen molar-refractivity contribution < 1.29 is 0 Å². The summed E-state index contributed by atoms with van der Waals surface area (Å²) in [5, 5.41) is 0. The molecular formula is C18H21N7. The molecule has 0 bridgehead atoms. The monoisotopic (exact) mass is 335 g/mol. The molecule has 0 amide bonds. The molecule has 7 nitrogen and oxygen atoms in total. The van der Waals surface area contributed by atoms with Gasteiger partial charge in [0.15, 0.2) is 0 Å². The van der Waals surface area contributed by atoms with E-state index in [1.807, 2.05) is 36.9 Å². The second kappa shape index (κ2) is 6.88. The molecule has 0 unspecified atom stereocenters. The maximum absolute atomic E-state index is 5.81. The van der Waals surface area contributed by atoms with Crippen LogP contribution in [0.2, 0.25) is 0 Å². The molecule has 1 aliphatic rings. The molecule has 1 fully saturated rings. The Morgan fingerprint density at radius 2 is 1.96 bits per heavy atom. The molecule has 2 N–H and O–H groups in total. The molecule has 1 atom stereocenters. The van der Waals surface area contributed by atoms with E-state index in [1.54, 1.807) is 12.3 Å². The molecule has 1 aliphatic heterocycles. The normalized spacial score (nSPS) is 17.6. The Labute approximate surface area is 146 Å². The summed E-state index contributed by atoms with van der Waals surface area (Å²) in [6.07, 6.45) is 11.5. The lowest BCUT2D eigenvalue weighted by Gasteiger charge is -2.32. The molecule has 0 aromatic carbocycles. The molecule has 3 aromatic heterocycles. The highest BCUT2D eigenvalue weighted by Gasteiger charge is 2.26. The molecule has 0 aliphatic carbocycles. The second-order valence-corrected chi connectivity index (χ2v) is 6.34.